The lowest BCUT2D eigenvalue weighted by Crippen LogP contribution is -2.53. The first-order valence-electron chi connectivity index (χ1n) is 14.7. The summed E-state index contributed by atoms with van der Waals surface area (Å²) in [5, 5.41) is 38.6. The second-order valence-corrected chi connectivity index (χ2v) is 11.1. The topological polar surface area (TPSA) is 190 Å². The Kier molecular flexibility index (Phi) is 12.7. The fourth-order valence-corrected chi connectivity index (χ4v) is 4.95. The molecule has 13 nitrogen and oxygen atoms in total. The Morgan fingerprint density at radius 1 is 1.09 bits per heavy atom. The van der Waals surface area contributed by atoms with E-state index in [4.69, 9.17) is 4.74 Å². The number of carbonyl (C=O) groups excluding carboxylic acids is 2. The van der Waals surface area contributed by atoms with Gasteiger partial charge in [0.25, 0.3) is 5.91 Å². The molecule has 1 saturated heterocycles. The number of hydrogen-bond donors (Lipinski definition) is 6. The number of nitrogens with zero attached hydrogens (tertiary/aromatic N) is 2. The lowest BCUT2D eigenvalue weighted by Gasteiger charge is -2.27. The maximum Gasteiger partial charge on any atom is 0.326 e. The number of aliphatic carboxylic acids is 2. The van der Waals surface area contributed by atoms with Gasteiger partial charge in [0.1, 0.15) is 36.2 Å². The summed E-state index contributed by atoms with van der Waals surface area (Å²) in [6.45, 7) is 6.68. The number of aliphatic hydroxyl groups excluding tert-OH is 1. The number of fused-ring (bicyclic) bond motifs is 1. The molecule has 43 heavy (non-hydrogen) atoms. The molecule has 0 aliphatic carbocycles. The summed E-state index contributed by atoms with van der Waals surface area (Å²) in [6.07, 6.45) is 1.50. The monoisotopic (exact) mass is 601 g/mol. The summed E-state index contributed by atoms with van der Waals surface area (Å²) in [4.78, 5) is 54.4. The Hall–Kier alpha value is -3.81. The maximum absolute atomic E-state index is 12.7. The third-order valence-electron chi connectivity index (χ3n) is 7.26. The molecule has 0 radical (unpaired) electrons. The molecule has 2 amide bonds. The van der Waals surface area contributed by atoms with Gasteiger partial charge in [0.2, 0.25) is 5.91 Å². The smallest absolute Gasteiger partial charge is 0.326 e. The Morgan fingerprint density at radius 2 is 1.86 bits per heavy atom. The second kappa shape index (κ2) is 16.1. The fraction of sp³-hybridized carbons (Fsp3) is 0.567. The number of amides is 2. The van der Waals surface area contributed by atoms with E-state index in [1.807, 2.05) is 13.8 Å². The molecule has 0 saturated carbocycles. The molecule has 0 bridgehead atoms. The van der Waals surface area contributed by atoms with Crippen LogP contribution in [0.4, 0.5) is 0 Å². The van der Waals surface area contributed by atoms with Crippen molar-refractivity contribution in [2.45, 2.75) is 83.1 Å². The van der Waals surface area contributed by atoms with Gasteiger partial charge in [0, 0.05) is 31.1 Å². The minimum atomic E-state index is -1.11. The van der Waals surface area contributed by atoms with E-state index >= 15 is 0 Å². The van der Waals surface area contributed by atoms with Crippen molar-refractivity contribution in [3.05, 3.63) is 36.0 Å². The van der Waals surface area contributed by atoms with Crippen LogP contribution in [0, 0.1) is 0 Å². The van der Waals surface area contributed by atoms with E-state index in [2.05, 4.69) is 20.9 Å². The lowest BCUT2D eigenvalue weighted by atomic mass is 10.1. The normalized spacial score (nSPS) is 17.0. The SMILES string of the molecule is CC(C)NCC(O)COc1cccc2nc(C(=O)NCCCCC(N[C@@H](C)C(=O)N3CCC[C@H]3C(=O)O)C(=O)O)ccc12. The van der Waals surface area contributed by atoms with Crippen molar-refractivity contribution < 1.29 is 39.2 Å². The van der Waals surface area contributed by atoms with E-state index in [1.165, 1.54) is 11.8 Å². The van der Waals surface area contributed by atoms with Gasteiger partial charge in [-0.2, -0.15) is 0 Å². The van der Waals surface area contributed by atoms with Crippen molar-refractivity contribution in [1.82, 2.24) is 25.8 Å². The van der Waals surface area contributed by atoms with Crippen molar-refractivity contribution >= 4 is 34.7 Å². The van der Waals surface area contributed by atoms with Crippen LogP contribution in [0.5, 0.6) is 5.75 Å². The van der Waals surface area contributed by atoms with Gasteiger partial charge >= 0.3 is 11.9 Å². The standard InChI is InChI=1S/C30H43N5O8/c1-18(2)32-16-20(36)17-43-26-11-6-9-22-21(26)12-13-23(34-22)27(37)31-14-5-4-8-24(29(39)40)33-19(3)28(38)35-15-7-10-25(35)30(41)42/h6,9,11-13,18-20,24-25,32-33,36H,4-5,7-8,10,14-17H2,1-3H3,(H,31,37)(H,39,40)(H,41,42)/t19-,20?,24?,25-/m0/s1. The van der Waals surface area contributed by atoms with E-state index in [0.717, 1.165) is 0 Å². The molecule has 1 aromatic carbocycles. The van der Waals surface area contributed by atoms with Crippen LogP contribution in [0.2, 0.25) is 0 Å². The van der Waals surface area contributed by atoms with Crippen molar-refractivity contribution in [3.8, 4) is 5.75 Å². The van der Waals surface area contributed by atoms with Gasteiger partial charge < -0.3 is 35.6 Å². The van der Waals surface area contributed by atoms with Crippen molar-refractivity contribution in [2.24, 2.45) is 0 Å². The first kappa shape index (κ1) is 33.7. The minimum absolute atomic E-state index is 0.109. The third kappa shape index (κ3) is 9.87. The molecular weight excluding hydrogens is 558 g/mol. The highest BCUT2D eigenvalue weighted by Crippen LogP contribution is 2.25. The molecule has 2 unspecified atom stereocenters. The van der Waals surface area contributed by atoms with Crippen LogP contribution in [0.15, 0.2) is 30.3 Å². The number of aliphatic hydroxyl groups is 1. The van der Waals surface area contributed by atoms with Gasteiger partial charge in [-0.05, 0) is 63.3 Å². The zero-order chi connectivity index (χ0) is 31.5. The Balaban J connectivity index is 1.45. The molecule has 3 rings (SSSR count). The summed E-state index contributed by atoms with van der Waals surface area (Å²) in [7, 11) is 0. The molecule has 1 aliphatic rings. The number of carbonyl (C=O) groups is 4. The number of unbranched alkanes of at least 4 members (excludes halogenated alkanes) is 1. The lowest BCUT2D eigenvalue weighted by molar-refractivity contribution is -0.149. The van der Waals surface area contributed by atoms with Crippen LogP contribution in [0.1, 0.15) is 63.4 Å². The molecule has 236 valence electrons. The molecule has 1 fully saturated rings. The number of hydrogen-bond acceptors (Lipinski definition) is 9. The number of rotatable bonds is 17. The summed E-state index contributed by atoms with van der Waals surface area (Å²) >= 11 is 0. The van der Waals surface area contributed by atoms with E-state index in [-0.39, 0.29) is 30.7 Å². The Labute approximate surface area is 251 Å². The van der Waals surface area contributed by atoms with Gasteiger partial charge in [-0.1, -0.05) is 19.9 Å². The first-order valence-corrected chi connectivity index (χ1v) is 14.7. The third-order valence-corrected chi connectivity index (χ3v) is 7.26. The highest BCUT2D eigenvalue weighted by Gasteiger charge is 2.36. The average Bonchev–Trinajstić information content (AvgIpc) is 3.47. The number of carboxylic acids is 2. The van der Waals surface area contributed by atoms with Gasteiger partial charge in [-0.25, -0.2) is 9.78 Å². The summed E-state index contributed by atoms with van der Waals surface area (Å²) in [5.74, 6) is -2.41. The summed E-state index contributed by atoms with van der Waals surface area (Å²) in [6, 6.07) is 6.19. The van der Waals surface area contributed by atoms with E-state index in [9.17, 15) is 34.5 Å². The minimum Gasteiger partial charge on any atom is -0.490 e. The highest BCUT2D eigenvalue weighted by molar-refractivity contribution is 5.96. The number of ether oxygens (including phenoxy) is 1. The Morgan fingerprint density at radius 3 is 2.56 bits per heavy atom. The van der Waals surface area contributed by atoms with Crippen molar-refractivity contribution in [3.63, 3.8) is 0 Å². The van der Waals surface area contributed by atoms with Crippen LogP contribution in [-0.2, 0) is 14.4 Å². The van der Waals surface area contributed by atoms with Crippen LogP contribution in [0.25, 0.3) is 10.9 Å². The highest BCUT2D eigenvalue weighted by atomic mass is 16.5. The largest absolute Gasteiger partial charge is 0.490 e. The second-order valence-electron chi connectivity index (χ2n) is 11.1. The number of pyridine rings is 1. The molecule has 1 aromatic heterocycles. The molecule has 2 aromatic rings. The summed E-state index contributed by atoms with van der Waals surface area (Å²) in [5.41, 5.74) is 0.799. The van der Waals surface area contributed by atoms with Crippen LogP contribution in [0.3, 0.4) is 0 Å². The number of aromatic nitrogens is 1. The van der Waals surface area contributed by atoms with E-state index in [1.54, 1.807) is 30.3 Å². The maximum atomic E-state index is 12.7. The van der Waals surface area contributed by atoms with Crippen LogP contribution in [-0.4, -0.2) is 105 Å². The number of benzene rings is 1. The number of nitrogens with one attached hydrogen (secondary N) is 3. The van der Waals surface area contributed by atoms with E-state index < -0.39 is 42.1 Å². The molecule has 4 atom stereocenters. The van der Waals surface area contributed by atoms with Crippen molar-refractivity contribution in [2.75, 3.05) is 26.2 Å². The predicted molar refractivity (Wildman–Crippen MR) is 159 cm³/mol. The van der Waals surface area contributed by atoms with E-state index in [0.29, 0.717) is 62.0 Å². The molecular formula is C30H43N5O8. The van der Waals surface area contributed by atoms with Gasteiger partial charge in [0.05, 0.1) is 11.6 Å². The van der Waals surface area contributed by atoms with Crippen LogP contribution < -0.4 is 20.7 Å². The fourth-order valence-electron chi connectivity index (χ4n) is 4.95. The quantitative estimate of drug-likeness (QED) is 0.144. The Bertz CT molecular complexity index is 1270. The number of carboxylic acid groups (broad SMARTS) is 2. The molecule has 6 N–H and O–H groups in total. The van der Waals surface area contributed by atoms with Gasteiger partial charge in [0.15, 0.2) is 0 Å². The first-order chi connectivity index (χ1) is 20.5. The van der Waals surface area contributed by atoms with Crippen molar-refractivity contribution in [1.29, 1.82) is 0 Å². The molecule has 0 spiro atoms. The zero-order valence-electron chi connectivity index (χ0n) is 24.9. The summed E-state index contributed by atoms with van der Waals surface area (Å²) < 4.78 is 5.80. The molecule has 1 aliphatic heterocycles. The average molecular weight is 602 g/mol. The van der Waals surface area contributed by atoms with Crippen LogP contribution >= 0.6 is 0 Å². The molecule has 2 heterocycles. The van der Waals surface area contributed by atoms with Gasteiger partial charge in [-0.3, -0.25) is 19.7 Å². The zero-order valence-corrected chi connectivity index (χ0v) is 24.9. The predicted octanol–water partition coefficient (Wildman–Crippen LogP) is 1.38. The number of likely N-dealkylation sites (tertiary alicyclic amines) is 1. The molecule has 13 heteroatoms. The van der Waals surface area contributed by atoms with Gasteiger partial charge in [-0.15, -0.1) is 0 Å².